The highest BCUT2D eigenvalue weighted by atomic mass is 16.5. The molecule has 0 heterocycles. The molecule has 164 valence electrons. The van der Waals surface area contributed by atoms with Crippen molar-refractivity contribution in [1.29, 1.82) is 0 Å². The standard InChI is InChI=1S/C25H40O4/c1-5-8-13-21(14-9-6-2)17-24(26)20(4)23(25(27)29-7-3)19-28-18-22-15-11-10-12-16-22/h10-12,15-16,20-21,23H,5-9,13-14,17-19H2,1-4H3. The molecular formula is C25H40O4. The van der Waals surface area contributed by atoms with E-state index in [1.54, 1.807) is 6.92 Å². The summed E-state index contributed by atoms with van der Waals surface area (Å²) in [6, 6.07) is 9.85. The summed E-state index contributed by atoms with van der Waals surface area (Å²) in [5.41, 5.74) is 1.05. The number of carbonyl (C=O) groups excluding carboxylic acids is 2. The summed E-state index contributed by atoms with van der Waals surface area (Å²) in [4.78, 5) is 25.5. The summed E-state index contributed by atoms with van der Waals surface area (Å²) in [6.45, 7) is 8.95. The third kappa shape index (κ3) is 10.1. The lowest BCUT2D eigenvalue weighted by molar-refractivity contribution is -0.155. The first-order valence-corrected chi connectivity index (χ1v) is 11.3. The molecule has 0 aliphatic carbocycles. The highest BCUT2D eigenvalue weighted by Crippen LogP contribution is 2.25. The Morgan fingerprint density at radius 1 is 0.966 bits per heavy atom. The topological polar surface area (TPSA) is 52.6 Å². The highest BCUT2D eigenvalue weighted by molar-refractivity contribution is 5.86. The molecule has 0 spiro atoms. The Morgan fingerprint density at radius 3 is 2.14 bits per heavy atom. The van der Waals surface area contributed by atoms with Gasteiger partial charge in [0.15, 0.2) is 0 Å². The molecule has 1 aromatic rings. The number of hydrogen-bond donors (Lipinski definition) is 0. The molecule has 0 saturated heterocycles. The van der Waals surface area contributed by atoms with Crippen molar-refractivity contribution in [3.8, 4) is 0 Å². The number of rotatable bonds is 16. The molecule has 2 atom stereocenters. The normalized spacial score (nSPS) is 13.3. The van der Waals surface area contributed by atoms with Gasteiger partial charge in [0.05, 0.1) is 25.7 Å². The first-order valence-electron chi connectivity index (χ1n) is 11.3. The minimum atomic E-state index is -0.552. The summed E-state index contributed by atoms with van der Waals surface area (Å²) in [6.07, 6.45) is 7.31. The van der Waals surface area contributed by atoms with Crippen LogP contribution in [0.1, 0.15) is 78.2 Å². The van der Waals surface area contributed by atoms with Gasteiger partial charge in [0.1, 0.15) is 5.78 Å². The molecule has 0 amide bonds. The maximum Gasteiger partial charge on any atom is 0.311 e. The minimum Gasteiger partial charge on any atom is -0.466 e. The van der Waals surface area contributed by atoms with E-state index in [-0.39, 0.29) is 18.4 Å². The Hall–Kier alpha value is -1.68. The predicted molar refractivity (Wildman–Crippen MR) is 118 cm³/mol. The van der Waals surface area contributed by atoms with E-state index in [1.807, 2.05) is 37.3 Å². The van der Waals surface area contributed by atoms with E-state index in [4.69, 9.17) is 9.47 Å². The fourth-order valence-electron chi connectivity index (χ4n) is 3.57. The van der Waals surface area contributed by atoms with Crippen molar-refractivity contribution in [1.82, 2.24) is 0 Å². The van der Waals surface area contributed by atoms with Crippen LogP contribution in [0.2, 0.25) is 0 Å². The fourth-order valence-corrected chi connectivity index (χ4v) is 3.57. The van der Waals surface area contributed by atoms with Gasteiger partial charge in [-0.3, -0.25) is 9.59 Å². The molecule has 0 fully saturated rings. The van der Waals surface area contributed by atoms with E-state index in [1.165, 1.54) is 0 Å². The second kappa shape index (κ2) is 15.2. The Kier molecular flexibility index (Phi) is 13.3. The molecule has 1 rings (SSSR count). The van der Waals surface area contributed by atoms with Gasteiger partial charge in [0.2, 0.25) is 0 Å². The average molecular weight is 405 g/mol. The number of esters is 1. The summed E-state index contributed by atoms with van der Waals surface area (Å²) in [5, 5.41) is 0. The van der Waals surface area contributed by atoms with Gasteiger partial charge in [-0.2, -0.15) is 0 Å². The Bertz CT molecular complexity index is 561. The Morgan fingerprint density at radius 2 is 1.59 bits per heavy atom. The van der Waals surface area contributed by atoms with E-state index in [0.717, 1.165) is 44.1 Å². The third-order valence-electron chi connectivity index (χ3n) is 5.53. The highest BCUT2D eigenvalue weighted by Gasteiger charge is 2.32. The molecular weight excluding hydrogens is 364 g/mol. The fraction of sp³-hybridized carbons (Fsp3) is 0.680. The first kappa shape index (κ1) is 25.4. The van der Waals surface area contributed by atoms with Gasteiger partial charge in [-0.1, -0.05) is 89.6 Å². The van der Waals surface area contributed by atoms with Crippen LogP contribution in [0, 0.1) is 17.8 Å². The van der Waals surface area contributed by atoms with E-state index < -0.39 is 11.8 Å². The van der Waals surface area contributed by atoms with Crippen LogP contribution in [0.5, 0.6) is 0 Å². The van der Waals surface area contributed by atoms with Crippen LogP contribution in [0.25, 0.3) is 0 Å². The molecule has 2 unspecified atom stereocenters. The van der Waals surface area contributed by atoms with Crippen molar-refractivity contribution in [3.05, 3.63) is 35.9 Å². The number of ketones is 1. The SMILES string of the molecule is CCCCC(CCCC)CC(=O)C(C)C(COCc1ccccc1)C(=O)OCC. The quantitative estimate of drug-likeness (QED) is 0.318. The van der Waals surface area contributed by atoms with Gasteiger partial charge < -0.3 is 9.47 Å². The van der Waals surface area contributed by atoms with Gasteiger partial charge >= 0.3 is 5.97 Å². The monoisotopic (exact) mass is 404 g/mol. The molecule has 0 aliphatic rings. The Balaban J connectivity index is 2.70. The maximum atomic E-state index is 13.0. The molecule has 0 aliphatic heterocycles. The zero-order valence-electron chi connectivity index (χ0n) is 18.8. The van der Waals surface area contributed by atoms with Gasteiger partial charge in [-0.25, -0.2) is 0 Å². The lowest BCUT2D eigenvalue weighted by Crippen LogP contribution is -2.34. The van der Waals surface area contributed by atoms with Crippen molar-refractivity contribution in [2.24, 2.45) is 17.8 Å². The molecule has 4 nitrogen and oxygen atoms in total. The number of hydrogen-bond acceptors (Lipinski definition) is 4. The van der Waals surface area contributed by atoms with Crippen molar-refractivity contribution >= 4 is 11.8 Å². The molecule has 0 radical (unpaired) electrons. The molecule has 0 aromatic heterocycles. The number of ether oxygens (including phenoxy) is 2. The number of unbranched alkanes of at least 4 members (excludes halogenated alkanes) is 2. The molecule has 4 heteroatoms. The van der Waals surface area contributed by atoms with Crippen LogP contribution in [0.4, 0.5) is 0 Å². The summed E-state index contributed by atoms with van der Waals surface area (Å²) in [5.74, 6) is -0.707. The van der Waals surface area contributed by atoms with Crippen molar-refractivity contribution in [3.63, 3.8) is 0 Å². The number of carbonyl (C=O) groups is 2. The molecule has 0 N–H and O–H groups in total. The van der Waals surface area contributed by atoms with Crippen LogP contribution < -0.4 is 0 Å². The van der Waals surface area contributed by atoms with Crippen LogP contribution >= 0.6 is 0 Å². The van der Waals surface area contributed by atoms with E-state index in [0.29, 0.717) is 25.6 Å². The van der Waals surface area contributed by atoms with Gasteiger partial charge in [-0.15, -0.1) is 0 Å². The van der Waals surface area contributed by atoms with Crippen molar-refractivity contribution in [2.45, 2.75) is 79.2 Å². The largest absolute Gasteiger partial charge is 0.466 e. The van der Waals surface area contributed by atoms with Crippen LogP contribution in [-0.4, -0.2) is 25.0 Å². The molecule has 1 aromatic carbocycles. The number of benzene rings is 1. The number of Topliss-reactive ketones (excluding diaryl/α,β-unsaturated/α-hetero) is 1. The van der Waals surface area contributed by atoms with Crippen LogP contribution in [0.15, 0.2) is 30.3 Å². The first-order chi connectivity index (χ1) is 14.0. The maximum absolute atomic E-state index is 13.0. The van der Waals surface area contributed by atoms with E-state index >= 15 is 0 Å². The van der Waals surface area contributed by atoms with Gasteiger partial charge in [-0.05, 0) is 18.4 Å². The minimum absolute atomic E-state index is 0.156. The summed E-state index contributed by atoms with van der Waals surface area (Å²) < 4.78 is 11.0. The lowest BCUT2D eigenvalue weighted by Gasteiger charge is -2.24. The van der Waals surface area contributed by atoms with E-state index in [9.17, 15) is 9.59 Å². The van der Waals surface area contributed by atoms with Crippen molar-refractivity contribution in [2.75, 3.05) is 13.2 Å². The van der Waals surface area contributed by atoms with Crippen LogP contribution in [0.3, 0.4) is 0 Å². The summed E-state index contributed by atoms with van der Waals surface area (Å²) in [7, 11) is 0. The zero-order valence-corrected chi connectivity index (χ0v) is 18.8. The predicted octanol–water partition coefficient (Wildman–Crippen LogP) is 5.97. The smallest absolute Gasteiger partial charge is 0.311 e. The second-order valence-corrected chi connectivity index (χ2v) is 7.97. The third-order valence-corrected chi connectivity index (χ3v) is 5.53. The Labute approximate surface area is 177 Å². The van der Waals surface area contributed by atoms with Crippen molar-refractivity contribution < 1.29 is 19.1 Å². The summed E-state index contributed by atoms with van der Waals surface area (Å²) >= 11 is 0. The molecule has 0 bridgehead atoms. The zero-order chi connectivity index (χ0) is 21.5. The van der Waals surface area contributed by atoms with Gasteiger partial charge in [0, 0.05) is 12.3 Å². The average Bonchev–Trinajstić information content (AvgIpc) is 2.73. The van der Waals surface area contributed by atoms with E-state index in [2.05, 4.69) is 13.8 Å². The van der Waals surface area contributed by atoms with Gasteiger partial charge in [0.25, 0.3) is 0 Å². The molecule has 29 heavy (non-hydrogen) atoms. The molecule has 0 saturated carbocycles. The second-order valence-electron chi connectivity index (χ2n) is 7.97. The lowest BCUT2D eigenvalue weighted by atomic mass is 9.83. The van der Waals surface area contributed by atoms with Crippen LogP contribution in [-0.2, 0) is 25.7 Å².